The van der Waals surface area contributed by atoms with Crippen molar-refractivity contribution < 1.29 is 14.3 Å². The van der Waals surface area contributed by atoms with Crippen LogP contribution in [0.15, 0.2) is 0 Å². The fourth-order valence-corrected chi connectivity index (χ4v) is 2.50. The lowest BCUT2D eigenvalue weighted by Gasteiger charge is -2.51. The predicted octanol–water partition coefficient (Wildman–Crippen LogP) is 0.351. The molecule has 1 fully saturated rings. The molecule has 104 valence electrons. The topological polar surface area (TPSA) is 67.4 Å². The van der Waals surface area contributed by atoms with Gasteiger partial charge in [0.25, 0.3) is 0 Å². The Morgan fingerprint density at radius 3 is 2.50 bits per heavy atom. The zero-order valence-corrected chi connectivity index (χ0v) is 12.2. The highest BCUT2D eigenvalue weighted by atomic mass is 32.1. The van der Waals surface area contributed by atoms with Crippen LogP contribution in [0, 0.1) is 5.41 Å². The van der Waals surface area contributed by atoms with Crippen LogP contribution in [-0.2, 0) is 14.3 Å². The number of thiol groups is 1. The van der Waals surface area contributed by atoms with E-state index in [1.165, 1.54) is 6.92 Å². The van der Waals surface area contributed by atoms with Gasteiger partial charge in [-0.3, -0.25) is 9.59 Å². The first kappa shape index (κ1) is 15.3. The van der Waals surface area contributed by atoms with Gasteiger partial charge in [-0.05, 0) is 6.42 Å². The van der Waals surface area contributed by atoms with Crippen LogP contribution >= 0.6 is 12.6 Å². The molecule has 0 heterocycles. The predicted molar refractivity (Wildman–Crippen MR) is 72.6 cm³/mol. The normalized spacial score (nSPS) is 26.9. The molecule has 5 nitrogen and oxygen atoms in total. The number of hydrogen-bond donors (Lipinski definition) is 3. The Morgan fingerprint density at radius 2 is 2.11 bits per heavy atom. The number of methoxy groups -OCH3 is 1. The van der Waals surface area contributed by atoms with Gasteiger partial charge in [0.2, 0.25) is 11.8 Å². The molecule has 0 bridgehead atoms. The van der Waals surface area contributed by atoms with Crippen molar-refractivity contribution in [3.05, 3.63) is 0 Å². The van der Waals surface area contributed by atoms with E-state index in [9.17, 15) is 9.59 Å². The standard InChI is InChI=1S/C12H22N2O3S/c1-7(15)13-8(6-18)11(16)14-9-5-10(17-4)12(9,2)3/h8-10,18H,5-6H2,1-4H3,(H,13,15)(H,14,16). The van der Waals surface area contributed by atoms with Crippen LogP contribution in [0.3, 0.4) is 0 Å². The molecule has 1 aliphatic carbocycles. The van der Waals surface area contributed by atoms with Crippen LogP contribution in [0.25, 0.3) is 0 Å². The molecule has 0 aromatic heterocycles. The van der Waals surface area contributed by atoms with E-state index in [4.69, 9.17) is 4.74 Å². The number of rotatable bonds is 5. The van der Waals surface area contributed by atoms with Crippen molar-refractivity contribution in [2.45, 2.75) is 45.4 Å². The van der Waals surface area contributed by atoms with E-state index in [1.54, 1.807) is 7.11 Å². The lowest BCUT2D eigenvalue weighted by Crippen LogP contribution is -2.64. The molecule has 18 heavy (non-hydrogen) atoms. The fraction of sp³-hybridized carbons (Fsp3) is 0.833. The average molecular weight is 274 g/mol. The average Bonchev–Trinajstić information content (AvgIpc) is 2.30. The molecule has 1 rings (SSSR count). The van der Waals surface area contributed by atoms with Crippen molar-refractivity contribution in [2.24, 2.45) is 5.41 Å². The molecule has 2 N–H and O–H groups in total. The second-order valence-electron chi connectivity index (χ2n) is 5.28. The molecule has 1 aliphatic rings. The van der Waals surface area contributed by atoms with Gasteiger partial charge in [-0.1, -0.05) is 13.8 Å². The molecule has 0 aromatic rings. The maximum Gasteiger partial charge on any atom is 0.243 e. The molecule has 6 heteroatoms. The largest absolute Gasteiger partial charge is 0.381 e. The second kappa shape index (κ2) is 5.93. The maximum atomic E-state index is 12.0. The van der Waals surface area contributed by atoms with E-state index in [1.807, 2.05) is 0 Å². The SMILES string of the molecule is COC1CC(NC(=O)C(CS)NC(C)=O)C1(C)C. The van der Waals surface area contributed by atoms with Crippen molar-refractivity contribution in [1.29, 1.82) is 0 Å². The maximum absolute atomic E-state index is 12.0. The number of carbonyl (C=O) groups excluding carboxylic acids is 2. The minimum Gasteiger partial charge on any atom is -0.381 e. The monoisotopic (exact) mass is 274 g/mol. The van der Waals surface area contributed by atoms with Crippen LogP contribution in [-0.4, -0.2) is 42.9 Å². The fourth-order valence-electron chi connectivity index (χ4n) is 2.24. The summed E-state index contributed by atoms with van der Waals surface area (Å²) in [6.45, 7) is 5.51. The summed E-state index contributed by atoms with van der Waals surface area (Å²) in [7, 11) is 1.68. The van der Waals surface area contributed by atoms with Gasteiger partial charge in [-0.25, -0.2) is 0 Å². The van der Waals surface area contributed by atoms with Gasteiger partial charge >= 0.3 is 0 Å². The molecule has 0 aromatic carbocycles. The van der Waals surface area contributed by atoms with Crippen molar-refractivity contribution in [1.82, 2.24) is 10.6 Å². The number of ether oxygens (including phenoxy) is 1. The minimum atomic E-state index is -0.580. The summed E-state index contributed by atoms with van der Waals surface area (Å²) < 4.78 is 5.33. The summed E-state index contributed by atoms with van der Waals surface area (Å²) in [6.07, 6.45) is 0.965. The summed E-state index contributed by atoms with van der Waals surface area (Å²) in [6, 6.07) is -0.505. The van der Waals surface area contributed by atoms with E-state index >= 15 is 0 Å². The molecule has 2 amide bonds. The van der Waals surface area contributed by atoms with E-state index < -0.39 is 6.04 Å². The lowest BCUT2D eigenvalue weighted by molar-refractivity contribution is -0.136. The van der Waals surface area contributed by atoms with E-state index in [0.29, 0.717) is 0 Å². The Hall–Kier alpha value is -0.750. The molecule has 3 atom stereocenters. The molecular weight excluding hydrogens is 252 g/mol. The van der Waals surface area contributed by atoms with Crippen LogP contribution in [0.4, 0.5) is 0 Å². The van der Waals surface area contributed by atoms with Crippen LogP contribution in [0.1, 0.15) is 27.2 Å². The smallest absolute Gasteiger partial charge is 0.243 e. The molecule has 3 unspecified atom stereocenters. The highest BCUT2D eigenvalue weighted by Crippen LogP contribution is 2.42. The Bertz CT molecular complexity index is 333. The van der Waals surface area contributed by atoms with E-state index in [2.05, 4.69) is 37.1 Å². The number of carbonyl (C=O) groups is 2. The first-order chi connectivity index (χ1) is 8.32. The third-order valence-electron chi connectivity index (χ3n) is 3.66. The van der Waals surface area contributed by atoms with Crippen molar-refractivity contribution in [3.8, 4) is 0 Å². The molecule has 0 spiro atoms. The van der Waals surface area contributed by atoms with Crippen molar-refractivity contribution in [2.75, 3.05) is 12.9 Å². The Morgan fingerprint density at radius 1 is 1.50 bits per heavy atom. The Balaban J connectivity index is 2.53. The Kier molecular flexibility index (Phi) is 5.04. The summed E-state index contributed by atoms with van der Waals surface area (Å²) in [5.74, 6) is -0.133. The van der Waals surface area contributed by atoms with E-state index in [-0.39, 0.29) is 35.1 Å². The first-order valence-corrected chi connectivity index (χ1v) is 6.67. The first-order valence-electron chi connectivity index (χ1n) is 6.04. The number of amides is 2. The second-order valence-corrected chi connectivity index (χ2v) is 5.64. The van der Waals surface area contributed by atoms with Gasteiger partial charge in [0.1, 0.15) is 6.04 Å². The van der Waals surface area contributed by atoms with Gasteiger partial charge in [-0.15, -0.1) is 0 Å². The minimum absolute atomic E-state index is 0.0751. The van der Waals surface area contributed by atoms with Gasteiger partial charge < -0.3 is 15.4 Å². The quantitative estimate of drug-likeness (QED) is 0.634. The zero-order valence-electron chi connectivity index (χ0n) is 11.3. The summed E-state index contributed by atoms with van der Waals surface area (Å²) in [5, 5.41) is 5.52. The van der Waals surface area contributed by atoms with Crippen molar-refractivity contribution >= 4 is 24.4 Å². The summed E-state index contributed by atoms with van der Waals surface area (Å²) in [4.78, 5) is 22.9. The molecular formula is C12H22N2O3S. The molecule has 1 saturated carbocycles. The number of hydrogen-bond acceptors (Lipinski definition) is 4. The number of nitrogens with one attached hydrogen (secondary N) is 2. The summed E-state index contributed by atoms with van der Waals surface area (Å²) in [5.41, 5.74) is -0.0816. The third-order valence-corrected chi connectivity index (χ3v) is 4.02. The van der Waals surface area contributed by atoms with Gasteiger partial charge in [0, 0.05) is 31.2 Å². The molecule has 0 aliphatic heterocycles. The third kappa shape index (κ3) is 3.17. The van der Waals surface area contributed by atoms with Crippen LogP contribution < -0.4 is 10.6 Å². The van der Waals surface area contributed by atoms with Gasteiger partial charge in [0.05, 0.1) is 6.10 Å². The highest BCUT2D eigenvalue weighted by Gasteiger charge is 2.49. The van der Waals surface area contributed by atoms with Crippen molar-refractivity contribution in [3.63, 3.8) is 0 Å². The summed E-state index contributed by atoms with van der Waals surface area (Å²) >= 11 is 4.08. The van der Waals surface area contributed by atoms with Crippen LogP contribution in [0.2, 0.25) is 0 Å². The van der Waals surface area contributed by atoms with Gasteiger partial charge in [-0.2, -0.15) is 12.6 Å². The van der Waals surface area contributed by atoms with Gasteiger partial charge in [0.15, 0.2) is 0 Å². The Labute approximate surface area is 113 Å². The molecule has 0 radical (unpaired) electrons. The van der Waals surface area contributed by atoms with E-state index in [0.717, 1.165) is 6.42 Å². The van der Waals surface area contributed by atoms with Crippen LogP contribution in [0.5, 0.6) is 0 Å². The lowest BCUT2D eigenvalue weighted by atomic mass is 9.64. The molecule has 0 saturated heterocycles. The zero-order chi connectivity index (χ0) is 13.9. The highest BCUT2D eigenvalue weighted by molar-refractivity contribution is 7.80.